The molecule has 2 aromatic carbocycles. The maximum atomic E-state index is 13.1. The third kappa shape index (κ3) is 8.25. The van der Waals surface area contributed by atoms with Crippen molar-refractivity contribution in [2.24, 2.45) is 5.92 Å². The van der Waals surface area contributed by atoms with E-state index in [0.717, 1.165) is 31.2 Å². The van der Waals surface area contributed by atoms with E-state index in [-0.39, 0.29) is 40.8 Å². The van der Waals surface area contributed by atoms with Gasteiger partial charge in [-0.15, -0.1) is 0 Å². The van der Waals surface area contributed by atoms with Gasteiger partial charge in [0.15, 0.2) is 0 Å². The highest BCUT2D eigenvalue weighted by Gasteiger charge is 2.48. The number of hydrogen-bond acceptors (Lipinski definition) is 8. The van der Waals surface area contributed by atoms with Crippen LogP contribution in [0.25, 0.3) is 0 Å². The van der Waals surface area contributed by atoms with Crippen LogP contribution in [-0.2, 0) is 30.7 Å². The summed E-state index contributed by atoms with van der Waals surface area (Å²) in [5.41, 5.74) is 1.53. The molecule has 5 rings (SSSR count). The number of nitrogens with one attached hydrogen (secondary N) is 2. The highest BCUT2D eigenvalue weighted by molar-refractivity contribution is 7.97. The van der Waals surface area contributed by atoms with E-state index in [9.17, 15) is 32.6 Å². The molecule has 5 atom stereocenters. The van der Waals surface area contributed by atoms with E-state index < -0.39 is 41.5 Å². The van der Waals surface area contributed by atoms with Gasteiger partial charge >= 0.3 is 5.97 Å². The first-order valence-electron chi connectivity index (χ1n) is 15.2. The lowest BCUT2D eigenvalue weighted by atomic mass is 9.85. The highest BCUT2D eigenvalue weighted by Crippen LogP contribution is 2.46. The van der Waals surface area contributed by atoms with Gasteiger partial charge < -0.3 is 20.2 Å². The number of nitrogens with zero attached hydrogens (tertiary/aromatic N) is 2. The van der Waals surface area contributed by atoms with Crippen LogP contribution in [0.5, 0.6) is 0 Å². The molecule has 2 fully saturated rings. The normalized spacial score (nSPS) is 24.7. The lowest BCUT2D eigenvalue weighted by Gasteiger charge is -2.35. The van der Waals surface area contributed by atoms with Crippen molar-refractivity contribution in [1.29, 1.82) is 0 Å². The van der Waals surface area contributed by atoms with E-state index in [1.165, 1.54) is 16.8 Å². The number of carbonyl (C=O) groups excluding carboxylic acids is 1. The number of unbranched alkanes of at least 4 members (excludes halogenated alkanes) is 1. The van der Waals surface area contributed by atoms with E-state index in [4.69, 9.17) is 11.6 Å². The molecule has 1 saturated heterocycles. The maximum Gasteiger partial charge on any atom is 0.326 e. The van der Waals surface area contributed by atoms with Crippen molar-refractivity contribution in [2.45, 2.75) is 86.0 Å². The fraction of sp³-hybridized carbons (Fsp3) is 0.533. The molecule has 4 N–H and O–H groups in total. The smallest absolute Gasteiger partial charge is 0.326 e. The maximum absolute atomic E-state index is 13.1. The van der Waals surface area contributed by atoms with Gasteiger partial charge in [-0.3, -0.25) is 9.36 Å². The molecule has 246 valence electrons. The number of halogens is 1. The molecule has 2 unspecified atom stereocenters. The third-order valence-corrected chi connectivity index (χ3v) is 13.6. The number of fused-ring (bicyclic) bond motifs is 2. The average molecular weight is 699 g/mol. The molecule has 45 heavy (non-hydrogen) atoms. The zero-order valence-electron chi connectivity index (χ0n) is 25.1. The van der Waals surface area contributed by atoms with Gasteiger partial charge in [0.25, 0.3) is 0 Å². The molecule has 1 saturated carbocycles. The zero-order chi connectivity index (χ0) is 32.4. The summed E-state index contributed by atoms with van der Waals surface area (Å²) in [6.45, 7) is 0.140. The first-order chi connectivity index (χ1) is 21.3. The molecule has 2 aromatic rings. The molecular formula is C30H40ClN4O7PS2. The molecule has 0 aromatic heterocycles. The van der Waals surface area contributed by atoms with Crippen LogP contribution < -0.4 is 10.0 Å². The van der Waals surface area contributed by atoms with Gasteiger partial charge in [-0.05, 0) is 81.1 Å². The molecule has 0 radical (unpaired) electrons. The van der Waals surface area contributed by atoms with Crippen LogP contribution >= 0.6 is 30.9 Å². The number of benzene rings is 2. The Morgan fingerprint density at radius 3 is 2.62 bits per heavy atom. The minimum absolute atomic E-state index is 0.00384. The third-order valence-electron chi connectivity index (χ3n) is 8.91. The number of hydrogen-bond donors (Lipinski definition) is 4. The predicted molar refractivity (Wildman–Crippen MR) is 175 cm³/mol. The van der Waals surface area contributed by atoms with Gasteiger partial charge in [-0.1, -0.05) is 54.8 Å². The lowest BCUT2D eigenvalue weighted by Crippen LogP contribution is -2.47. The van der Waals surface area contributed by atoms with Gasteiger partial charge in [0.1, 0.15) is 17.1 Å². The second-order valence-electron chi connectivity index (χ2n) is 12.1. The Kier molecular flexibility index (Phi) is 10.9. The predicted octanol–water partition coefficient (Wildman–Crippen LogP) is 5.19. The summed E-state index contributed by atoms with van der Waals surface area (Å²) in [6.07, 6.45) is 4.95. The molecular weight excluding hydrogens is 659 g/mol. The van der Waals surface area contributed by atoms with E-state index in [0.29, 0.717) is 36.3 Å². The number of sulfonamides is 1. The highest BCUT2D eigenvalue weighted by atomic mass is 35.5. The number of carboxylic acids is 1. The quantitative estimate of drug-likeness (QED) is 0.132. The summed E-state index contributed by atoms with van der Waals surface area (Å²) in [7, 11) is -5.78. The Balaban J connectivity index is 1.13. The largest absolute Gasteiger partial charge is 0.480 e. The van der Waals surface area contributed by atoms with Crippen LogP contribution in [0.3, 0.4) is 0 Å². The number of amides is 1. The Morgan fingerprint density at radius 1 is 1.16 bits per heavy atom. The molecule has 15 heteroatoms. The summed E-state index contributed by atoms with van der Waals surface area (Å²) >= 11 is 7.83. The van der Waals surface area contributed by atoms with Crippen molar-refractivity contribution in [1.82, 2.24) is 13.9 Å². The summed E-state index contributed by atoms with van der Waals surface area (Å²) in [4.78, 5) is 37.8. The van der Waals surface area contributed by atoms with E-state index >= 15 is 0 Å². The van der Waals surface area contributed by atoms with Crippen molar-refractivity contribution < 1.29 is 32.6 Å². The van der Waals surface area contributed by atoms with Crippen molar-refractivity contribution in [3.63, 3.8) is 0 Å². The van der Waals surface area contributed by atoms with Gasteiger partial charge in [0.2, 0.25) is 23.3 Å². The van der Waals surface area contributed by atoms with Crippen molar-refractivity contribution in [2.75, 3.05) is 24.7 Å². The van der Waals surface area contributed by atoms with E-state index in [1.807, 2.05) is 41.7 Å². The number of carbonyl (C=O) groups is 2. The Bertz CT molecular complexity index is 1560. The van der Waals surface area contributed by atoms with Crippen LogP contribution in [0.2, 0.25) is 5.02 Å². The fourth-order valence-corrected chi connectivity index (χ4v) is 10.7. The standard InChI is InChI=1S/C30H40ClN4O7PS2/c1-34-28(33-23-16-22(31)27(17-26(23)44-34)45(41,42)32-18-20-9-3-2-4-10-20)13-7-8-14-43(39,40)19-29(36)35-24-12-6-5-11-21(24)15-25(35)30(37)38/h2-4,9-10,16-17,21,24-25,28,32-33H,5-8,11-15,18-19H2,1H3,(H,37,38)(H,39,40)/t21-,24-,25+,28?/m1/s1. The van der Waals surface area contributed by atoms with Crippen LogP contribution in [0.4, 0.5) is 5.69 Å². The van der Waals surface area contributed by atoms with Crippen LogP contribution in [-0.4, -0.2) is 77.1 Å². The topological polar surface area (TPSA) is 156 Å². The fourth-order valence-electron chi connectivity index (χ4n) is 6.63. The zero-order valence-corrected chi connectivity index (χ0v) is 28.4. The molecule has 2 heterocycles. The Labute approximate surface area is 273 Å². The van der Waals surface area contributed by atoms with Gasteiger partial charge in [0, 0.05) is 23.6 Å². The number of aliphatic carboxylic acids is 1. The van der Waals surface area contributed by atoms with Gasteiger partial charge in [-0.2, -0.15) is 0 Å². The SMILES string of the molecule is CN1Sc2cc(S(=O)(=O)NCc3ccccc3)c(Cl)cc2NC1CCCCP(=O)(O)CC(=O)N1[C@@H]2CCCC[C@@H]2C[C@H]1C(=O)O. The van der Waals surface area contributed by atoms with Crippen LogP contribution in [0.1, 0.15) is 56.9 Å². The number of rotatable bonds is 12. The minimum Gasteiger partial charge on any atom is -0.480 e. The molecule has 0 spiro atoms. The number of anilines is 1. The lowest BCUT2D eigenvalue weighted by molar-refractivity contribution is -0.148. The van der Waals surface area contributed by atoms with Gasteiger partial charge in [0.05, 0.1) is 16.9 Å². The monoisotopic (exact) mass is 698 g/mol. The number of likely N-dealkylation sites (tertiary alicyclic amines) is 1. The first kappa shape index (κ1) is 34.2. The molecule has 1 amide bonds. The first-order valence-corrected chi connectivity index (χ1v) is 19.9. The molecule has 2 aliphatic heterocycles. The van der Waals surface area contributed by atoms with Crippen molar-refractivity contribution in [3.05, 3.63) is 53.1 Å². The van der Waals surface area contributed by atoms with Crippen LogP contribution in [0.15, 0.2) is 52.3 Å². The summed E-state index contributed by atoms with van der Waals surface area (Å²) in [5.74, 6) is -1.43. The van der Waals surface area contributed by atoms with E-state index in [2.05, 4.69) is 10.0 Å². The average Bonchev–Trinajstić information content (AvgIpc) is 3.39. The minimum atomic E-state index is -3.86. The molecule has 1 aliphatic carbocycles. The number of carboxylic acid groups (broad SMARTS) is 1. The molecule has 11 nitrogen and oxygen atoms in total. The second-order valence-corrected chi connectivity index (χ2v) is 17.9. The second kappa shape index (κ2) is 14.3. The van der Waals surface area contributed by atoms with E-state index in [1.54, 1.807) is 12.1 Å². The summed E-state index contributed by atoms with van der Waals surface area (Å²) in [6, 6.07) is 11.3. The Morgan fingerprint density at radius 2 is 1.89 bits per heavy atom. The Hall–Kier alpha value is -2.12. The summed E-state index contributed by atoms with van der Waals surface area (Å²) in [5, 5.41) is 13.2. The molecule has 0 bridgehead atoms. The van der Waals surface area contributed by atoms with Crippen LogP contribution in [0, 0.1) is 5.92 Å². The van der Waals surface area contributed by atoms with Gasteiger partial charge in [-0.25, -0.2) is 22.2 Å². The van der Waals surface area contributed by atoms with Crippen molar-refractivity contribution >= 4 is 58.5 Å². The summed E-state index contributed by atoms with van der Waals surface area (Å²) < 4.78 is 43.7. The van der Waals surface area contributed by atoms with Crippen molar-refractivity contribution in [3.8, 4) is 0 Å². The molecule has 3 aliphatic rings.